The zero-order valence-electron chi connectivity index (χ0n) is 16.4. The van der Waals surface area contributed by atoms with Crippen molar-refractivity contribution in [3.05, 3.63) is 88.4 Å². The van der Waals surface area contributed by atoms with Crippen molar-refractivity contribution in [2.24, 2.45) is 0 Å². The van der Waals surface area contributed by atoms with Crippen LogP contribution in [0.25, 0.3) is 0 Å². The topological polar surface area (TPSA) is 84.5 Å². The minimum absolute atomic E-state index is 0.0636. The van der Waals surface area contributed by atoms with Crippen LogP contribution in [0.15, 0.2) is 82.2 Å². The van der Waals surface area contributed by atoms with Crippen molar-refractivity contribution >= 4 is 37.5 Å². The molecule has 0 aliphatic heterocycles. The highest BCUT2D eigenvalue weighted by molar-refractivity contribution is 9.10. The highest BCUT2D eigenvalue weighted by Gasteiger charge is 2.17. The summed E-state index contributed by atoms with van der Waals surface area (Å²) >= 11 is 3.48. The fourth-order valence-electron chi connectivity index (χ4n) is 2.84. The maximum atomic E-state index is 12.6. The molecule has 1 amide bonds. The summed E-state index contributed by atoms with van der Waals surface area (Å²) < 4.78 is 33.7. The van der Waals surface area contributed by atoms with Gasteiger partial charge in [-0.3, -0.25) is 9.52 Å². The van der Waals surface area contributed by atoms with Crippen LogP contribution in [0.5, 0.6) is 5.75 Å². The lowest BCUT2D eigenvalue weighted by molar-refractivity contribution is 0.0939. The number of hydrogen-bond donors (Lipinski definition) is 2. The first-order chi connectivity index (χ1) is 14.3. The van der Waals surface area contributed by atoms with Crippen LogP contribution in [0.4, 0.5) is 5.69 Å². The van der Waals surface area contributed by atoms with E-state index in [-0.39, 0.29) is 16.8 Å². The van der Waals surface area contributed by atoms with Crippen LogP contribution < -0.4 is 14.8 Å². The Kier molecular flexibility index (Phi) is 6.79. The third-order valence-corrected chi connectivity index (χ3v) is 6.61. The summed E-state index contributed by atoms with van der Waals surface area (Å²) in [5.41, 5.74) is 1.74. The summed E-state index contributed by atoms with van der Waals surface area (Å²) in [6, 6.07) is 19.8. The quantitative estimate of drug-likeness (QED) is 0.502. The van der Waals surface area contributed by atoms with Gasteiger partial charge in [-0.15, -0.1) is 0 Å². The average molecular weight is 489 g/mol. The first-order valence-electron chi connectivity index (χ1n) is 9.12. The minimum atomic E-state index is -3.78. The van der Waals surface area contributed by atoms with Gasteiger partial charge in [0.2, 0.25) is 0 Å². The van der Waals surface area contributed by atoms with Gasteiger partial charge in [0, 0.05) is 15.7 Å². The first kappa shape index (κ1) is 21.9. The Morgan fingerprint density at radius 3 is 2.20 bits per heavy atom. The molecule has 8 heteroatoms. The van der Waals surface area contributed by atoms with Crippen LogP contribution in [-0.4, -0.2) is 21.4 Å². The molecule has 0 bridgehead atoms. The van der Waals surface area contributed by atoms with Crippen molar-refractivity contribution in [1.82, 2.24) is 5.32 Å². The van der Waals surface area contributed by atoms with Gasteiger partial charge in [0.1, 0.15) is 5.75 Å². The van der Waals surface area contributed by atoms with Crippen molar-refractivity contribution in [3.8, 4) is 5.75 Å². The highest BCUT2D eigenvalue weighted by atomic mass is 79.9. The van der Waals surface area contributed by atoms with Gasteiger partial charge in [-0.05, 0) is 67.1 Å². The zero-order chi connectivity index (χ0) is 21.7. The van der Waals surface area contributed by atoms with E-state index in [9.17, 15) is 13.2 Å². The number of nitrogens with one attached hydrogen (secondary N) is 2. The number of methoxy groups -OCH3 is 1. The Bertz CT molecular complexity index is 1130. The van der Waals surface area contributed by atoms with E-state index in [4.69, 9.17) is 4.74 Å². The third kappa shape index (κ3) is 5.20. The van der Waals surface area contributed by atoms with E-state index in [1.165, 1.54) is 31.4 Å². The predicted molar refractivity (Wildman–Crippen MR) is 120 cm³/mol. The Labute approximate surface area is 184 Å². The number of sulfonamides is 1. The molecule has 156 valence electrons. The standard InChI is InChI=1S/C22H21BrN2O4S/c1-15(20-5-3-4-6-21(20)23)24-22(26)16-7-13-19(14-8-16)30(27,28)25-17-9-11-18(29-2)12-10-17/h3-15,25H,1-2H3,(H,24,26). The van der Waals surface area contributed by atoms with Gasteiger partial charge in [0.05, 0.1) is 18.0 Å². The number of amides is 1. The molecule has 0 heterocycles. The molecule has 0 saturated heterocycles. The summed E-state index contributed by atoms with van der Waals surface area (Å²) in [6.07, 6.45) is 0. The lowest BCUT2D eigenvalue weighted by Crippen LogP contribution is -2.26. The zero-order valence-corrected chi connectivity index (χ0v) is 18.8. The molecular formula is C22H21BrN2O4S. The maximum absolute atomic E-state index is 12.6. The number of halogens is 1. The van der Waals surface area contributed by atoms with Gasteiger partial charge < -0.3 is 10.1 Å². The Morgan fingerprint density at radius 2 is 1.60 bits per heavy atom. The molecule has 0 aliphatic carbocycles. The average Bonchev–Trinajstić information content (AvgIpc) is 2.74. The summed E-state index contributed by atoms with van der Waals surface area (Å²) in [6.45, 7) is 1.88. The SMILES string of the molecule is COc1ccc(NS(=O)(=O)c2ccc(C(=O)NC(C)c3ccccc3Br)cc2)cc1. The van der Waals surface area contributed by atoms with Crippen molar-refractivity contribution in [3.63, 3.8) is 0 Å². The molecule has 0 aromatic heterocycles. The molecule has 3 rings (SSSR count). The van der Waals surface area contributed by atoms with E-state index in [2.05, 4.69) is 26.0 Å². The molecule has 3 aromatic carbocycles. The van der Waals surface area contributed by atoms with Gasteiger partial charge in [-0.25, -0.2) is 8.42 Å². The first-order valence-corrected chi connectivity index (χ1v) is 11.4. The maximum Gasteiger partial charge on any atom is 0.261 e. The van der Waals surface area contributed by atoms with Crippen LogP contribution >= 0.6 is 15.9 Å². The lowest BCUT2D eigenvalue weighted by Gasteiger charge is -2.16. The molecule has 0 aliphatic rings. The van der Waals surface area contributed by atoms with Gasteiger partial charge in [-0.1, -0.05) is 34.1 Å². The molecule has 0 spiro atoms. The van der Waals surface area contributed by atoms with E-state index in [0.29, 0.717) is 17.0 Å². The molecule has 2 N–H and O–H groups in total. The number of hydrogen-bond acceptors (Lipinski definition) is 4. The number of carbonyl (C=O) groups excluding carboxylic acids is 1. The number of ether oxygens (including phenoxy) is 1. The second kappa shape index (κ2) is 9.32. The van der Waals surface area contributed by atoms with Crippen molar-refractivity contribution in [2.45, 2.75) is 17.9 Å². The van der Waals surface area contributed by atoms with Gasteiger partial charge in [0.25, 0.3) is 15.9 Å². The molecule has 3 aromatic rings. The highest BCUT2D eigenvalue weighted by Crippen LogP contribution is 2.23. The van der Waals surface area contributed by atoms with Crippen LogP contribution in [-0.2, 0) is 10.0 Å². The predicted octanol–water partition coefficient (Wildman–Crippen LogP) is 4.75. The Balaban J connectivity index is 1.70. The fourth-order valence-corrected chi connectivity index (χ4v) is 4.53. The molecule has 0 radical (unpaired) electrons. The molecule has 0 fully saturated rings. The van der Waals surface area contributed by atoms with Crippen molar-refractivity contribution in [2.75, 3.05) is 11.8 Å². The van der Waals surface area contributed by atoms with E-state index in [1.807, 2.05) is 31.2 Å². The molecule has 0 saturated carbocycles. The minimum Gasteiger partial charge on any atom is -0.497 e. The Hall–Kier alpha value is -2.84. The smallest absolute Gasteiger partial charge is 0.261 e. The third-order valence-electron chi connectivity index (χ3n) is 4.49. The monoisotopic (exact) mass is 488 g/mol. The van der Waals surface area contributed by atoms with Crippen molar-refractivity contribution < 1.29 is 17.9 Å². The van der Waals surface area contributed by atoms with Crippen LogP contribution in [0.2, 0.25) is 0 Å². The molecule has 6 nitrogen and oxygen atoms in total. The fraction of sp³-hybridized carbons (Fsp3) is 0.136. The van der Waals surface area contributed by atoms with Crippen LogP contribution in [0.3, 0.4) is 0 Å². The van der Waals surface area contributed by atoms with Crippen LogP contribution in [0.1, 0.15) is 28.9 Å². The number of benzene rings is 3. The van der Waals surface area contributed by atoms with Gasteiger partial charge in [-0.2, -0.15) is 0 Å². The van der Waals surface area contributed by atoms with Crippen LogP contribution in [0, 0.1) is 0 Å². The summed E-state index contributed by atoms with van der Waals surface area (Å²) in [4.78, 5) is 12.6. The largest absolute Gasteiger partial charge is 0.497 e. The van der Waals surface area contributed by atoms with Gasteiger partial charge >= 0.3 is 0 Å². The molecule has 30 heavy (non-hydrogen) atoms. The second-order valence-corrected chi connectivity index (χ2v) is 9.11. The Morgan fingerprint density at radius 1 is 0.967 bits per heavy atom. The second-order valence-electron chi connectivity index (χ2n) is 6.58. The van der Waals surface area contributed by atoms with E-state index in [0.717, 1.165) is 10.0 Å². The van der Waals surface area contributed by atoms with E-state index >= 15 is 0 Å². The summed E-state index contributed by atoms with van der Waals surface area (Å²) in [5.74, 6) is 0.343. The van der Waals surface area contributed by atoms with Gasteiger partial charge in [0.15, 0.2) is 0 Å². The molecule has 1 unspecified atom stereocenters. The summed E-state index contributed by atoms with van der Waals surface area (Å²) in [7, 11) is -2.24. The van der Waals surface area contributed by atoms with Crippen molar-refractivity contribution in [1.29, 1.82) is 0 Å². The lowest BCUT2D eigenvalue weighted by atomic mass is 10.1. The normalized spacial score (nSPS) is 12.1. The summed E-state index contributed by atoms with van der Waals surface area (Å²) in [5, 5.41) is 2.92. The number of anilines is 1. The molecular weight excluding hydrogens is 468 g/mol. The number of carbonyl (C=O) groups is 1. The van der Waals surface area contributed by atoms with E-state index in [1.54, 1.807) is 24.3 Å². The number of rotatable bonds is 7. The van der Waals surface area contributed by atoms with E-state index < -0.39 is 10.0 Å². The molecule has 1 atom stereocenters.